The molecule has 0 N–H and O–H groups in total. The molecular formula is C12H27NO3. The molecule has 0 amide bonds. The van der Waals surface area contributed by atoms with Gasteiger partial charge in [0.2, 0.25) is 0 Å². The predicted octanol–water partition coefficient (Wildman–Crippen LogP) is 0.656. The zero-order valence-corrected chi connectivity index (χ0v) is 11.4. The van der Waals surface area contributed by atoms with Crippen molar-refractivity contribution < 1.29 is 19.1 Å². The second-order valence-corrected chi connectivity index (χ2v) is 3.73. The summed E-state index contributed by atoms with van der Waals surface area (Å²) in [5.74, 6) is -0.995. The Kier molecular flexibility index (Phi) is 12.1. The van der Waals surface area contributed by atoms with Gasteiger partial charge < -0.3 is 19.1 Å². The summed E-state index contributed by atoms with van der Waals surface area (Å²) in [4.78, 5) is 9.26. The van der Waals surface area contributed by atoms with Gasteiger partial charge in [-0.1, -0.05) is 6.92 Å². The fourth-order valence-corrected chi connectivity index (χ4v) is 1.43. The van der Waals surface area contributed by atoms with Crippen LogP contribution in [0.25, 0.3) is 0 Å². The van der Waals surface area contributed by atoms with Crippen LogP contribution in [0.5, 0.6) is 0 Å². The zero-order chi connectivity index (χ0) is 13.0. The Labute approximate surface area is 99.8 Å². The van der Waals surface area contributed by atoms with E-state index in [9.17, 15) is 9.90 Å². The molecule has 0 radical (unpaired) electrons. The average Bonchev–Trinajstić information content (AvgIpc) is 2.32. The fraction of sp³-hybridized carbons (Fsp3) is 0.917. The van der Waals surface area contributed by atoms with E-state index in [1.165, 1.54) is 31.0 Å². The van der Waals surface area contributed by atoms with Gasteiger partial charge in [-0.15, -0.1) is 0 Å². The maximum atomic E-state index is 9.26. The Balaban J connectivity index is 0. The number of nitrogens with zero attached hydrogens (tertiary/aromatic N) is 1. The molecule has 0 heterocycles. The lowest BCUT2D eigenvalue weighted by Gasteiger charge is -2.35. The number of carbonyl (C=O) groups excluding carboxylic acids is 1. The highest BCUT2D eigenvalue weighted by Crippen LogP contribution is 2.04. The van der Waals surface area contributed by atoms with Gasteiger partial charge in [-0.3, -0.25) is 0 Å². The van der Waals surface area contributed by atoms with Gasteiger partial charge >= 0.3 is 0 Å². The van der Waals surface area contributed by atoms with Crippen molar-refractivity contribution in [3.63, 3.8) is 0 Å². The van der Waals surface area contributed by atoms with Crippen molar-refractivity contribution in [2.24, 2.45) is 0 Å². The van der Waals surface area contributed by atoms with Gasteiger partial charge in [0.25, 0.3) is 0 Å². The number of methoxy groups -OCH3 is 1. The summed E-state index contributed by atoms with van der Waals surface area (Å²) >= 11 is 0. The molecule has 0 unspecified atom stereocenters. The quantitative estimate of drug-likeness (QED) is 0.607. The van der Waals surface area contributed by atoms with E-state index in [0.717, 1.165) is 13.2 Å². The number of aliphatic carboxylic acids is 1. The molecule has 4 heteroatoms. The van der Waals surface area contributed by atoms with Crippen LogP contribution in [0.4, 0.5) is 0 Å². The Morgan fingerprint density at radius 2 is 1.50 bits per heavy atom. The smallest absolute Gasteiger partial charge is 0.102 e. The number of carboxylic acid groups (broad SMARTS) is 1. The predicted molar refractivity (Wildman–Crippen MR) is 63.9 cm³/mol. The summed E-state index contributed by atoms with van der Waals surface area (Å²) in [7, 11) is 1.77. The minimum Gasteiger partial charge on any atom is -0.550 e. The fourth-order valence-electron chi connectivity index (χ4n) is 1.43. The Hall–Kier alpha value is -0.610. The average molecular weight is 233 g/mol. The molecular weight excluding hydrogens is 206 g/mol. The van der Waals surface area contributed by atoms with Crippen LogP contribution in [0.3, 0.4) is 0 Å². The molecule has 0 atom stereocenters. The van der Waals surface area contributed by atoms with Crippen molar-refractivity contribution in [1.82, 2.24) is 0 Å². The van der Waals surface area contributed by atoms with Crippen molar-refractivity contribution >= 4 is 5.97 Å². The highest BCUT2D eigenvalue weighted by molar-refractivity contribution is 5.63. The third-order valence-corrected chi connectivity index (χ3v) is 3.07. The van der Waals surface area contributed by atoms with Crippen LogP contribution in [-0.2, 0) is 9.53 Å². The number of carbonyl (C=O) groups is 1. The van der Waals surface area contributed by atoms with E-state index < -0.39 is 5.97 Å². The van der Waals surface area contributed by atoms with Crippen LogP contribution in [0, 0.1) is 0 Å². The van der Waals surface area contributed by atoms with Crippen molar-refractivity contribution in [3.8, 4) is 0 Å². The van der Waals surface area contributed by atoms with Crippen molar-refractivity contribution in [2.45, 2.75) is 34.1 Å². The first kappa shape index (κ1) is 17.8. The highest BCUT2D eigenvalue weighted by atomic mass is 16.5. The van der Waals surface area contributed by atoms with Crippen LogP contribution >= 0.6 is 0 Å². The summed E-state index contributed by atoms with van der Waals surface area (Å²) in [5, 5.41) is 9.26. The number of hydrogen-bond acceptors (Lipinski definition) is 3. The van der Waals surface area contributed by atoms with Gasteiger partial charge in [0.1, 0.15) is 6.54 Å². The van der Waals surface area contributed by atoms with Crippen LogP contribution in [0.15, 0.2) is 0 Å². The molecule has 16 heavy (non-hydrogen) atoms. The third kappa shape index (κ3) is 8.68. The number of rotatable bonds is 7. The molecule has 0 aromatic heterocycles. The molecule has 0 aromatic carbocycles. The van der Waals surface area contributed by atoms with E-state index in [0.29, 0.717) is 0 Å². The van der Waals surface area contributed by atoms with Gasteiger partial charge in [-0.2, -0.15) is 0 Å². The zero-order valence-electron chi connectivity index (χ0n) is 11.4. The number of ether oxygens (including phenoxy) is 1. The third-order valence-electron chi connectivity index (χ3n) is 3.07. The first-order chi connectivity index (χ1) is 7.51. The monoisotopic (exact) mass is 233 g/mol. The number of likely N-dealkylation sites (N-methyl/N-ethyl adjacent to an activating group) is 1. The van der Waals surface area contributed by atoms with E-state index in [2.05, 4.69) is 20.8 Å². The molecule has 0 fully saturated rings. The van der Waals surface area contributed by atoms with Gasteiger partial charge in [0.05, 0.1) is 26.2 Å². The van der Waals surface area contributed by atoms with E-state index >= 15 is 0 Å². The van der Waals surface area contributed by atoms with Crippen LogP contribution in [-0.4, -0.2) is 50.3 Å². The molecule has 4 nitrogen and oxygen atoms in total. The molecule has 98 valence electrons. The molecule has 0 saturated carbocycles. The molecule has 0 aliphatic heterocycles. The van der Waals surface area contributed by atoms with Gasteiger partial charge in [-0.25, -0.2) is 0 Å². The molecule has 0 aromatic rings. The minimum atomic E-state index is -0.995. The first-order valence-electron chi connectivity index (χ1n) is 6.05. The molecule has 0 spiro atoms. The van der Waals surface area contributed by atoms with E-state index in [1.54, 1.807) is 7.11 Å². The molecule has 0 aliphatic rings. The number of carboxylic acids is 1. The van der Waals surface area contributed by atoms with E-state index in [-0.39, 0.29) is 6.42 Å². The molecule has 0 saturated heterocycles. The minimum absolute atomic E-state index is 0.111. The summed E-state index contributed by atoms with van der Waals surface area (Å²) in [5.41, 5.74) is 0. The van der Waals surface area contributed by atoms with Gasteiger partial charge in [0.15, 0.2) is 0 Å². The summed E-state index contributed by atoms with van der Waals surface area (Å²) in [6.45, 7) is 14.0. The topological polar surface area (TPSA) is 49.4 Å². The highest BCUT2D eigenvalue weighted by Gasteiger charge is 2.19. The molecule has 0 rings (SSSR count). The maximum absolute atomic E-state index is 9.26. The van der Waals surface area contributed by atoms with Crippen LogP contribution < -0.4 is 5.11 Å². The van der Waals surface area contributed by atoms with Crippen LogP contribution in [0.2, 0.25) is 0 Å². The van der Waals surface area contributed by atoms with Gasteiger partial charge in [-0.05, 0) is 27.2 Å². The van der Waals surface area contributed by atoms with Crippen molar-refractivity contribution in [1.29, 1.82) is 0 Å². The number of quaternary nitrogens is 1. The maximum Gasteiger partial charge on any atom is 0.102 e. The summed E-state index contributed by atoms with van der Waals surface area (Å²) in [6, 6.07) is 0. The second-order valence-electron chi connectivity index (χ2n) is 3.73. The lowest BCUT2D eigenvalue weighted by Crippen LogP contribution is -2.49. The van der Waals surface area contributed by atoms with Crippen LogP contribution in [0.1, 0.15) is 34.1 Å². The summed E-state index contributed by atoms with van der Waals surface area (Å²) < 4.78 is 6.28. The largest absolute Gasteiger partial charge is 0.550 e. The lowest BCUT2D eigenvalue weighted by molar-refractivity contribution is -0.923. The molecule has 0 bridgehead atoms. The molecule has 0 aliphatic carbocycles. The first-order valence-corrected chi connectivity index (χ1v) is 6.05. The normalized spacial score (nSPS) is 10.6. The van der Waals surface area contributed by atoms with Crippen molar-refractivity contribution in [2.75, 3.05) is 39.9 Å². The van der Waals surface area contributed by atoms with E-state index in [4.69, 9.17) is 4.74 Å². The standard InChI is InChI=1S/C9H22NO.C3H6O2/c1-5-10(6-2,7-3)8-9-11-4;1-2-3(4)5/h5-9H2,1-4H3;2H2,1H3,(H,4,5)/q+1;/p-1. The Morgan fingerprint density at radius 3 is 1.69 bits per heavy atom. The second kappa shape index (κ2) is 10.9. The Bertz CT molecular complexity index is 159. The summed E-state index contributed by atoms with van der Waals surface area (Å²) in [6.07, 6.45) is 0.111. The van der Waals surface area contributed by atoms with Gasteiger partial charge in [0, 0.05) is 13.1 Å². The SMILES string of the molecule is CCC(=O)[O-].CC[N+](CC)(CC)CCOC. The Morgan fingerprint density at radius 1 is 1.12 bits per heavy atom. The van der Waals surface area contributed by atoms with Crippen molar-refractivity contribution in [3.05, 3.63) is 0 Å². The number of hydrogen-bond donors (Lipinski definition) is 0. The lowest BCUT2D eigenvalue weighted by atomic mass is 10.3. The van der Waals surface area contributed by atoms with E-state index in [1.807, 2.05) is 0 Å².